The average Bonchev–Trinajstić information content (AvgIpc) is 0.945. The van der Waals surface area contributed by atoms with E-state index in [2.05, 4.69) is 12.1 Å². The van der Waals surface area contributed by atoms with Crippen molar-refractivity contribution in [3.05, 3.63) is 363 Å². The van der Waals surface area contributed by atoms with Crippen LogP contribution in [0.3, 0.4) is 0 Å². The van der Waals surface area contributed by atoms with E-state index in [1.165, 1.54) is 0 Å². The summed E-state index contributed by atoms with van der Waals surface area (Å²) >= 11 is 0. The van der Waals surface area contributed by atoms with E-state index in [1.54, 1.807) is 24.3 Å². The summed E-state index contributed by atoms with van der Waals surface area (Å²) in [5.74, 6) is 0. The van der Waals surface area contributed by atoms with Crippen molar-refractivity contribution in [2.24, 2.45) is 0 Å². The second kappa shape index (κ2) is 23.1. The summed E-state index contributed by atoms with van der Waals surface area (Å²) in [6, 6.07) is 37.4. The number of furan rings is 2. The third kappa shape index (κ3) is 8.93. The molecule has 102 heavy (non-hydrogen) atoms. The smallest absolute Gasteiger partial charge is 0.143 e. The van der Waals surface area contributed by atoms with Crippen LogP contribution in [0, 0.1) is 0 Å². The molecular weight excluding hydrogens is 1230 g/mol. The van der Waals surface area contributed by atoms with Crippen LogP contribution in [0.15, 0.2) is 372 Å². The van der Waals surface area contributed by atoms with Gasteiger partial charge in [0.05, 0.1) is 41.1 Å². The first kappa shape index (κ1) is 35.4. The predicted molar refractivity (Wildman–Crippen MR) is 435 cm³/mol. The van der Waals surface area contributed by atoms with Crippen molar-refractivity contribution in [2.75, 3.05) is 0 Å². The Bertz CT molecular complexity index is 9000. The summed E-state index contributed by atoms with van der Waals surface area (Å²) in [4.78, 5) is 0. The molecule has 0 spiro atoms. The van der Waals surface area contributed by atoms with Gasteiger partial charge in [0, 0.05) is 32.7 Å². The van der Waals surface area contributed by atoms with Crippen molar-refractivity contribution in [2.45, 2.75) is 0 Å². The minimum Gasteiger partial charge on any atom is -0.455 e. The Hall–Kier alpha value is -13.4. The van der Waals surface area contributed by atoms with Gasteiger partial charge in [-0.3, -0.25) is 0 Å². The lowest BCUT2D eigenvalue weighted by Crippen LogP contribution is -1.93. The van der Waals surface area contributed by atoms with E-state index in [-0.39, 0.29) is 65.3 Å². The Balaban J connectivity index is 0.000000159. The molecule has 0 fully saturated rings. The van der Waals surface area contributed by atoms with E-state index >= 15 is 0 Å². The topological polar surface area (TPSA) is 26.3 Å². The van der Waals surface area contributed by atoms with Crippen molar-refractivity contribution in [3.8, 4) is 66.8 Å². The molecule has 472 valence electrons. The Morgan fingerprint density at radius 2 is 0.627 bits per heavy atom. The van der Waals surface area contributed by atoms with E-state index in [0.717, 1.165) is 59.8 Å². The minimum atomic E-state index is -0.763. The zero-order chi connectivity index (χ0) is 93.0. The molecule has 0 atom stereocenters. The molecule has 0 amide bonds. The first-order valence-electron chi connectivity index (χ1n) is 47.8. The van der Waals surface area contributed by atoms with E-state index in [9.17, 15) is 15.1 Å². The maximum atomic E-state index is 9.63. The van der Waals surface area contributed by atoms with Gasteiger partial charge in [0.1, 0.15) is 22.3 Å². The number of fused-ring (bicyclic) bond motifs is 18. The summed E-state index contributed by atoms with van der Waals surface area (Å²) in [5, 5.41) is 6.69. The fourth-order valence-corrected chi connectivity index (χ4v) is 15.2. The van der Waals surface area contributed by atoms with Crippen molar-refractivity contribution in [3.63, 3.8) is 0 Å². The molecule has 0 aliphatic rings. The van der Waals surface area contributed by atoms with Crippen LogP contribution < -0.4 is 0 Å². The highest BCUT2D eigenvalue weighted by Gasteiger charge is 2.24. The molecule has 22 rings (SSSR count). The van der Waals surface area contributed by atoms with Gasteiger partial charge in [-0.25, -0.2) is 0 Å². The van der Waals surface area contributed by atoms with Gasteiger partial charge >= 0.3 is 0 Å². The molecule has 2 heteroatoms. The summed E-state index contributed by atoms with van der Waals surface area (Å²) in [6.45, 7) is 0. The van der Waals surface area contributed by atoms with Crippen molar-refractivity contribution < 1.29 is 50.0 Å². The number of hydrogen-bond acceptors (Lipinski definition) is 2. The van der Waals surface area contributed by atoms with Crippen LogP contribution >= 0.6 is 0 Å². The first-order chi connectivity index (χ1) is 63.1. The molecule has 0 bridgehead atoms. The van der Waals surface area contributed by atoms with E-state index in [0.29, 0.717) is 60.5 Å². The fourth-order valence-electron chi connectivity index (χ4n) is 15.2. The van der Waals surface area contributed by atoms with Gasteiger partial charge in [-0.1, -0.05) is 339 Å². The summed E-state index contributed by atoms with van der Waals surface area (Å²) in [6.07, 6.45) is 0. The molecule has 0 unspecified atom stereocenters. The van der Waals surface area contributed by atoms with Gasteiger partial charge in [0.15, 0.2) is 0 Å². The molecule has 20 aromatic carbocycles. The largest absolute Gasteiger partial charge is 0.455 e. The molecular formula is C100H60O2. The molecule has 2 nitrogen and oxygen atoms in total. The van der Waals surface area contributed by atoms with Crippen molar-refractivity contribution in [1.82, 2.24) is 0 Å². The lowest BCUT2D eigenvalue weighted by molar-refractivity contribution is 0.670. The highest BCUT2D eigenvalue weighted by Crippen LogP contribution is 2.51. The quantitative estimate of drug-likeness (QED) is 0.155. The van der Waals surface area contributed by atoms with Crippen LogP contribution in [0.4, 0.5) is 0 Å². The monoisotopic (exact) mass is 1320 g/mol. The van der Waals surface area contributed by atoms with E-state index in [1.807, 2.05) is 146 Å². The van der Waals surface area contributed by atoms with Gasteiger partial charge in [-0.2, -0.15) is 0 Å². The van der Waals surface area contributed by atoms with Crippen LogP contribution in [-0.2, 0) is 0 Å². The normalized spacial score (nSPS) is 16.0. The van der Waals surface area contributed by atoms with Gasteiger partial charge in [-0.15, -0.1) is 0 Å². The van der Waals surface area contributed by atoms with Crippen molar-refractivity contribution in [1.29, 1.82) is 0 Å². The predicted octanol–water partition coefficient (Wildman–Crippen LogP) is 28.7. The molecule has 0 aliphatic carbocycles. The molecule has 0 aliphatic heterocycles. The summed E-state index contributed by atoms with van der Waals surface area (Å²) in [5.41, 5.74) is 4.66. The zero-order valence-corrected chi connectivity index (χ0v) is 53.1. The van der Waals surface area contributed by atoms with E-state index in [4.69, 9.17) is 34.9 Å². The molecule has 0 N–H and O–H groups in total. The van der Waals surface area contributed by atoms with Crippen molar-refractivity contribution >= 4 is 152 Å². The van der Waals surface area contributed by atoms with Gasteiger partial charge in [-0.05, 0) is 188 Å². The highest BCUT2D eigenvalue weighted by atomic mass is 16.3. The van der Waals surface area contributed by atoms with Crippen LogP contribution in [-0.4, -0.2) is 0 Å². The second-order valence-electron chi connectivity index (χ2n) is 24.8. The lowest BCUT2D eigenvalue weighted by Gasteiger charge is -2.20. The number of rotatable bonds is 6. The summed E-state index contributed by atoms with van der Waals surface area (Å²) < 4.78 is 285. The third-order valence-electron chi connectivity index (χ3n) is 19.5. The number of benzene rings is 20. The van der Waals surface area contributed by atoms with Gasteiger partial charge < -0.3 is 8.83 Å². The van der Waals surface area contributed by atoms with Crippen LogP contribution in [0.5, 0.6) is 0 Å². The highest BCUT2D eigenvalue weighted by molar-refractivity contribution is 6.29. The Morgan fingerprint density at radius 1 is 0.196 bits per heavy atom. The fraction of sp³-hybridized carbons (Fsp3) is 0. The van der Waals surface area contributed by atoms with E-state index < -0.39 is 214 Å². The van der Waals surface area contributed by atoms with Gasteiger partial charge in [0.25, 0.3) is 0 Å². The number of para-hydroxylation sites is 2. The SMILES string of the molecule is [2H]c1c([2H])c([2H])c2c(-c3c4c([2H])c([2H])c([2H])c([2H])c4c(-c4cccc5cccc(-c6cccc7c6oc6ccc8ccccc8c67)c45)c4c([2H])c([2H])c([2H])c([2H])c34)c([2H])c([2H])c([2H])c2c1[2H].[2H]c1c([2H])c([2H])c2c([2H])c(-c3c4c([2H])c([2H])c([2H])c([2H])c4c(-c4cccc5cc(-c6cccc7c6oc6ccc8ccccc8c67)ccc45)c4c([2H])c([2H])c([2H])c([2H])c34)c([2H])c([2H])c2c1[2H]. The maximum Gasteiger partial charge on any atom is 0.143 e. The maximum absolute atomic E-state index is 9.63. The molecule has 0 radical (unpaired) electrons. The number of hydrogen-bond donors (Lipinski definition) is 0. The first-order valence-corrected chi connectivity index (χ1v) is 32.8. The molecule has 22 aromatic rings. The van der Waals surface area contributed by atoms with Gasteiger partial charge in [0.2, 0.25) is 0 Å². The summed E-state index contributed by atoms with van der Waals surface area (Å²) in [7, 11) is 0. The molecule has 2 heterocycles. The van der Waals surface area contributed by atoms with Crippen LogP contribution in [0.2, 0.25) is 0 Å². The Morgan fingerprint density at radius 3 is 1.24 bits per heavy atom. The van der Waals surface area contributed by atoms with Crippen LogP contribution in [0.25, 0.3) is 218 Å². The third-order valence-corrected chi connectivity index (χ3v) is 19.5. The molecule has 0 saturated heterocycles. The Labute approximate surface area is 629 Å². The zero-order valence-electron chi connectivity index (χ0n) is 83.1. The molecule has 2 aromatic heterocycles. The second-order valence-corrected chi connectivity index (χ2v) is 24.8. The minimum absolute atomic E-state index is 0.0181. The standard InChI is InChI=1S/2C50H30O/c1-3-18-34-31(13-1)15-9-24-36(34)47-37-20-5-7-22-39(37)48(40-23-8-6-21-38(40)47)43-27-11-17-33-16-10-25-41(46(33)43)42-26-12-28-44-49-35-19-4-2-14-32(35)29-30-45(49)51-50(42)44;1-2-13-33-29-36(24-23-31(33)11-1)47-41-16-5-7-18-43(41)48(44-19-8-6-17-42(44)47)40-21-9-14-34-30-35(25-27-37(34)40)39-20-10-22-45-49-38-15-4-3-12-32(38)26-28-46(49)51-50(39)45/h2*1-30H/i1D,3D,5D,6D,7D,8D,9D,13D,15D,18D,20D,21D,22D,23D,24D;1D,2D,5D,6D,7D,8D,11D,13D,16D,17D,18D,19D,23D,24D,29D. The average molecular weight is 1320 g/mol. The van der Waals surface area contributed by atoms with Crippen LogP contribution in [0.1, 0.15) is 41.1 Å². The lowest BCUT2D eigenvalue weighted by atomic mass is 9.82. The Kier molecular flexibility index (Phi) is 8.02. The molecule has 0 saturated carbocycles.